The number of benzene rings is 2. The van der Waals surface area contributed by atoms with Crippen LogP contribution in [0.4, 0.5) is 8.78 Å². The number of ether oxygens (including phenoxy) is 1. The van der Waals surface area contributed by atoms with Crippen LogP contribution < -0.4 is 4.74 Å². The second kappa shape index (κ2) is 6.01. The number of aromatic nitrogens is 1. The smallest absolute Gasteiger partial charge is 0.131 e. The van der Waals surface area contributed by atoms with Crippen molar-refractivity contribution in [1.29, 1.82) is 0 Å². The van der Waals surface area contributed by atoms with Gasteiger partial charge in [0.25, 0.3) is 0 Å². The fourth-order valence-electron chi connectivity index (χ4n) is 1.81. The van der Waals surface area contributed by atoms with E-state index in [0.717, 1.165) is 16.3 Å². The minimum absolute atomic E-state index is 0.265. The summed E-state index contributed by atoms with van der Waals surface area (Å²) in [5.41, 5.74) is 1.61. The monoisotopic (exact) mass is 303 g/mol. The van der Waals surface area contributed by atoms with E-state index in [-0.39, 0.29) is 18.2 Å². The molecule has 0 fully saturated rings. The van der Waals surface area contributed by atoms with Crippen LogP contribution in [0, 0.1) is 11.6 Å². The van der Waals surface area contributed by atoms with Crippen LogP contribution in [0.5, 0.6) is 5.75 Å². The quantitative estimate of drug-likeness (QED) is 0.699. The first-order chi connectivity index (χ1) is 10.2. The largest absolute Gasteiger partial charge is 0.487 e. The lowest BCUT2D eigenvalue weighted by Crippen LogP contribution is -1.96. The molecular weight excluding hydrogens is 292 g/mol. The molecule has 0 spiro atoms. The maximum atomic E-state index is 13.0. The molecule has 106 valence electrons. The summed E-state index contributed by atoms with van der Waals surface area (Å²) in [6.45, 7) is 0.265. The second-order valence-corrected chi connectivity index (χ2v) is 5.26. The van der Waals surface area contributed by atoms with Crippen molar-refractivity contribution < 1.29 is 13.5 Å². The van der Waals surface area contributed by atoms with Gasteiger partial charge in [0.15, 0.2) is 0 Å². The highest BCUT2D eigenvalue weighted by atomic mass is 32.1. The van der Waals surface area contributed by atoms with Gasteiger partial charge in [-0.1, -0.05) is 6.07 Å². The molecule has 0 unspecified atom stereocenters. The normalized spacial score (nSPS) is 10.6. The summed E-state index contributed by atoms with van der Waals surface area (Å²) >= 11 is 1.46. The number of rotatable bonds is 4. The molecule has 0 N–H and O–H groups in total. The molecule has 1 aromatic heterocycles. The molecule has 21 heavy (non-hydrogen) atoms. The third kappa shape index (κ3) is 3.44. The molecule has 3 aromatic rings. The maximum Gasteiger partial charge on any atom is 0.131 e. The summed E-state index contributed by atoms with van der Waals surface area (Å²) in [5.74, 6) is -0.144. The van der Waals surface area contributed by atoms with Gasteiger partial charge in [-0.05, 0) is 36.4 Å². The van der Waals surface area contributed by atoms with E-state index in [1.807, 2.05) is 5.38 Å². The first-order valence-electron chi connectivity index (χ1n) is 6.29. The summed E-state index contributed by atoms with van der Waals surface area (Å²) in [5, 5.41) is 2.67. The Kier molecular flexibility index (Phi) is 3.92. The van der Waals surface area contributed by atoms with Gasteiger partial charge in [0.2, 0.25) is 0 Å². The lowest BCUT2D eigenvalue weighted by molar-refractivity contribution is 0.300. The van der Waals surface area contributed by atoms with E-state index < -0.39 is 0 Å². The Morgan fingerprint density at radius 3 is 2.57 bits per heavy atom. The van der Waals surface area contributed by atoms with E-state index in [4.69, 9.17) is 4.74 Å². The Hall–Kier alpha value is -2.27. The fraction of sp³-hybridized carbons (Fsp3) is 0.0625. The van der Waals surface area contributed by atoms with Crippen molar-refractivity contribution in [1.82, 2.24) is 4.98 Å². The summed E-state index contributed by atoms with van der Waals surface area (Å²) in [6, 6.07) is 12.2. The third-order valence-electron chi connectivity index (χ3n) is 2.83. The van der Waals surface area contributed by atoms with Crippen LogP contribution in [0.25, 0.3) is 10.6 Å². The van der Waals surface area contributed by atoms with Gasteiger partial charge >= 0.3 is 0 Å². The summed E-state index contributed by atoms with van der Waals surface area (Å²) in [7, 11) is 0. The van der Waals surface area contributed by atoms with Crippen molar-refractivity contribution in [3.63, 3.8) is 0 Å². The second-order valence-electron chi connectivity index (χ2n) is 4.40. The molecule has 0 saturated carbocycles. The predicted molar refractivity (Wildman–Crippen MR) is 78.2 cm³/mol. The van der Waals surface area contributed by atoms with Crippen molar-refractivity contribution >= 4 is 11.3 Å². The minimum Gasteiger partial charge on any atom is -0.487 e. The number of hydrogen-bond acceptors (Lipinski definition) is 3. The SMILES string of the molecule is Fc1ccc(-c2nc(COc3cccc(F)c3)cs2)cc1. The Labute approximate surface area is 124 Å². The highest BCUT2D eigenvalue weighted by molar-refractivity contribution is 7.13. The van der Waals surface area contributed by atoms with E-state index >= 15 is 0 Å². The minimum atomic E-state index is -0.335. The first-order valence-corrected chi connectivity index (χ1v) is 7.17. The van der Waals surface area contributed by atoms with Gasteiger partial charge in [-0.25, -0.2) is 13.8 Å². The van der Waals surface area contributed by atoms with Gasteiger partial charge in [0.1, 0.15) is 29.0 Å². The third-order valence-corrected chi connectivity index (χ3v) is 3.77. The zero-order chi connectivity index (χ0) is 14.7. The first kappa shape index (κ1) is 13.7. The van der Waals surface area contributed by atoms with Crippen molar-refractivity contribution in [2.45, 2.75) is 6.61 Å². The van der Waals surface area contributed by atoms with Crippen molar-refractivity contribution in [2.75, 3.05) is 0 Å². The van der Waals surface area contributed by atoms with Crippen molar-refractivity contribution in [2.24, 2.45) is 0 Å². The average Bonchev–Trinajstić information content (AvgIpc) is 2.95. The standard InChI is InChI=1S/C16H11F2NOS/c17-12-6-4-11(5-7-12)16-19-14(10-21-16)9-20-15-3-1-2-13(18)8-15/h1-8,10H,9H2. The van der Waals surface area contributed by atoms with Crippen LogP contribution in [-0.4, -0.2) is 4.98 Å². The topological polar surface area (TPSA) is 22.1 Å². The molecule has 0 bridgehead atoms. The van der Waals surface area contributed by atoms with Crippen LogP contribution in [0.2, 0.25) is 0 Å². The highest BCUT2D eigenvalue weighted by Crippen LogP contribution is 2.24. The van der Waals surface area contributed by atoms with Gasteiger partial charge in [0.05, 0.1) is 5.69 Å². The highest BCUT2D eigenvalue weighted by Gasteiger charge is 2.06. The van der Waals surface area contributed by atoms with E-state index in [1.54, 1.807) is 24.3 Å². The molecular formula is C16H11F2NOS. The van der Waals surface area contributed by atoms with Gasteiger partial charge in [-0.3, -0.25) is 0 Å². The number of nitrogens with zero attached hydrogens (tertiary/aromatic N) is 1. The maximum absolute atomic E-state index is 13.0. The van der Waals surface area contributed by atoms with Gasteiger partial charge < -0.3 is 4.74 Å². The molecule has 1 heterocycles. The Bertz CT molecular complexity index is 740. The molecule has 2 aromatic carbocycles. The predicted octanol–water partition coefficient (Wildman–Crippen LogP) is 4.67. The van der Waals surface area contributed by atoms with E-state index in [9.17, 15) is 8.78 Å². The molecule has 0 amide bonds. The van der Waals surface area contributed by atoms with Crippen LogP contribution in [0.3, 0.4) is 0 Å². The Morgan fingerprint density at radius 1 is 1.00 bits per heavy atom. The molecule has 3 rings (SSSR count). The molecule has 2 nitrogen and oxygen atoms in total. The number of thiazole rings is 1. The van der Waals surface area contributed by atoms with Gasteiger partial charge in [0, 0.05) is 17.0 Å². The van der Waals surface area contributed by atoms with Crippen LogP contribution >= 0.6 is 11.3 Å². The molecule has 0 aliphatic carbocycles. The molecule has 0 atom stereocenters. The van der Waals surface area contributed by atoms with Crippen molar-refractivity contribution in [3.05, 3.63) is 71.2 Å². The van der Waals surface area contributed by atoms with E-state index in [2.05, 4.69) is 4.98 Å². The fourth-order valence-corrected chi connectivity index (χ4v) is 2.62. The molecule has 0 aliphatic heterocycles. The average molecular weight is 303 g/mol. The summed E-state index contributed by atoms with van der Waals surface area (Å²) in [4.78, 5) is 4.42. The molecule has 0 aliphatic rings. The number of halogens is 2. The Morgan fingerprint density at radius 2 is 1.81 bits per heavy atom. The zero-order valence-electron chi connectivity index (χ0n) is 10.9. The summed E-state index contributed by atoms with van der Waals surface area (Å²) in [6.07, 6.45) is 0. The van der Waals surface area contributed by atoms with Crippen LogP contribution in [0.15, 0.2) is 53.9 Å². The molecule has 0 radical (unpaired) electrons. The Balaban J connectivity index is 1.69. The lowest BCUT2D eigenvalue weighted by Gasteiger charge is -2.03. The summed E-state index contributed by atoms with van der Waals surface area (Å²) < 4.78 is 31.4. The van der Waals surface area contributed by atoms with Gasteiger partial charge in [-0.15, -0.1) is 11.3 Å². The zero-order valence-corrected chi connectivity index (χ0v) is 11.7. The molecule has 0 saturated heterocycles. The number of hydrogen-bond donors (Lipinski definition) is 0. The molecule has 5 heteroatoms. The van der Waals surface area contributed by atoms with Crippen LogP contribution in [-0.2, 0) is 6.61 Å². The van der Waals surface area contributed by atoms with Gasteiger partial charge in [-0.2, -0.15) is 0 Å². The van der Waals surface area contributed by atoms with E-state index in [1.165, 1.54) is 35.6 Å². The van der Waals surface area contributed by atoms with Crippen molar-refractivity contribution in [3.8, 4) is 16.3 Å². The van der Waals surface area contributed by atoms with Crippen LogP contribution in [0.1, 0.15) is 5.69 Å². The van der Waals surface area contributed by atoms with E-state index in [0.29, 0.717) is 5.75 Å². The lowest BCUT2D eigenvalue weighted by atomic mass is 10.2.